The molecule has 0 aliphatic carbocycles. The highest BCUT2D eigenvalue weighted by molar-refractivity contribution is 6.32. The first-order valence-electron chi connectivity index (χ1n) is 5.30. The van der Waals surface area contributed by atoms with Crippen LogP contribution in [0.4, 0.5) is 0 Å². The van der Waals surface area contributed by atoms with Crippen molar-refractivity contribution < 1.29 is 0 Å². The lowest BCUT2D eigenvalue weighted by atomic mass is 10.2. The first-order valence-corrected chi connectivity index (χ1v) is 5.68. The SMILES string of the molecule is Cc1ccn2cc(-c3cccnc3Cl)nc2c1. The van der Waals surface area contributed by atoms with Crippen LogP contribution in [0.25, 0.3) is 16.9 Å². The van der Waals surface area contributed by atoms with Crippen LogP contribution in [0, 0.1) is 6.92 Å². The van der Waals surface area contributed by atoms with Crippen LogP contribution >= 0.6 is 11.6 Å². The molecule has 0 fully saturated rings. The fraction of sp³-hybridized carbons (Fsp3) is 0.0769. The van der Waals surface area contributed by atoms with Gasteiger partial charge in [-0.2, -0.15) is 0 Å². The summed E-state index contributed by atoms with van der Waals surface area (Å²) < 4.78 is 1.98. The minimum absolute atomic E-state index is 0.479. The highest BCUT2D eigenvalue weighted by Crippen LogP contribution is 2.25. The summed E-state index contributed by atoms with van der Waals surface area (Å²) in [5.41, 5.74) is 3.80. The van der Waals surface area contributed by atoms with Gasteiger partial charge in [0.05, 0.1) is 5.69 Å². The summed E-state index contributed by atoms with van der Waals surface area (Å²) in [6.45, 7) is 2.05. The number of hydrogen-bond donors (Lipinski definition) is 0. The lowest BCUT2D eigenvalue weighted by Crippen LogP contribution is -1.81. The first-order chi connectivity index (χ1) is 8.24. The predicted octanol–water partition coefficient (Wildman–Crippen LogP) is 3.36. The number of hydrogen-bond acceptors (Lipinski definition) is 2. The van der Waals surface area contributed by atoms with Gasteiger partial charge in [0.15, 0.2) is 0 Å². The van der Waals surface area contributed by atoms with Crippen LogP contribution in [0.5, 0.6) is 0 Å². The van der Waals surface area contributed by atoms with Gasteiger partial charge in [-0.3, -0.25) is 0 Å². The van der Waals surface area contributed by atoms with Crippen LogP contribution in [0.2, 0.25) is 5.15 Å². The maximum atomic E-state index is 6.06. The topological polar surface area (TPSA) is 30.2 Å². The van der Waals surface area contributed by atoms with Crippen molar-refractivity contribution in [2.75, 3.05) is 0 Å². The molecule has 0 unspecified atom stereocenters. The molecule has 17 heavy (non-hydrogen) atoms. The van der Waals surface area contributed by atoms with Crippen LogP contribution in [0.3, 0.4) is 0 Å². The van der Waals surface area contributed by atoms with E-state index in [4.69, 9.17) is 11.6 Å². The van der Waals surface area contributed by atoms with Crippen LogP contribution in [0.1, 0.15) is 5.56 Å². The van der Waals surface area contributed by atoms with Gasteiger partial charge in [0.2, 0.25) is 0 Å². The minimum Gasteiger partial charge on any atom is -0.306 e. The van der Waals surface area contributed by atoms with Gasteiger partial charge in [0.1, 0.15) is 10.8 Å². The van der Waals surface area contributed by atoms with Crippen LogP contribution in [-0.2, 0) is 0 Å². The Morgan fingerprint density at radius 2 is 2.18 bits per heavy atom. The molecule has 4 heteroatoms. The van der Waals surface area contributed by atoms with E-state index in [0.29, 0.717) is 5.15 Å². The average molecular weight is 244 g/mol. The normalized spacial score (nSPS) is 10.9. The quantitative estimate of drug-likeness (QED) is 0.614. The molecule has 0 radical (unpaired) electrons. The monoisotopic (exact) mass is 243 g/mol. The lowest BCUT2D eigenvalue weighted by molar-refractivity contribution is 1.17. The highest BCUT2D eigenvalue weighted by Gasteiger charge is 2.08. The van der Waals surface area contributed by atoms with Crippen molar-refractivity contribution in [3.8, 4) is 11.3 Å². The van der Waals surface area contributed by atoms with E-state index in [1.807, 2.05) is 48.0 Å². The molecule has 0 N–H and O–H groups in total. The standard InChI is InChI=1S/C13H10ClN3/c1-9-4-6-17-8-11(16-12(17)7-9)10-3-2-5-15-13(10)14/h2-8H,1H3. The molecule has 0 atom stereocenters. The number of rotatable bonds is 1. The second-order valence-electron chi connectivity index (χ2n) is 3.94. The highest BCUT2D eigenvalue weighted by atomic mass is 35.5. The number of halogens is 1. The number of aryl methyl sites for hydroxylation is 1. The zero-order valence-corrected chi connectivity index (χ0v) is 10.0. The molecule has 3 nitrogen and oxygen atoms in total. The van der Waals surface area contributed by atoms with Gasteiger partial charge < -0.3 is 4.40 Å². The van der Waals surface area contributed by atoms with Gasteiger partial charge in [-0.25, -0.2) is 9.97 Å². The number of fused-ring (bicyclic) bond motifs is 1. The van der Waals surface area contributed by atoms with Gasteiger partial charge >= 0.3 is 0 Å². The summed E-state index contributed by atoms with van der Waals surface area (Å²) in [7, 11) is 0. The van der Waals surface area contributed by atoms with Crippen LogP contribution in [0.15, 0.2) is 42.9 Å². The maximum Gasteiger partial charge on any atom is 0.138 e. The van der Waals surface area contributed by atoms with Crippen molar-refractivity contribution in [1.82, 2.24) is 14.4 Å². The van der Waals surface area contributed by atoms with E-state index >= 15 is 0 Å². The van der Waals surface area contributed by atoms with E-state index in [1.54, 1.807) is 6.20 Å². The number of imidazole rings is 1. The molecule has 3 aromatic heterocycles. The third kappa shape index (κ3) is 1.78. The van der Waals surface area contributed by atoms with Crippen molar-refractivity contribution in [2.24, 2.45) is 0 Å². The molecule has 0 spiro atoms. The third-order valence-corrected chi connectivity index (χ3v) is 2.95. The Morgan fingerprint density at radius 1 is 1.29 bits per heavy atom. The molecule has 0 aliphatic heterocycles. The Labute approximate surface area is 104 Å². The third-order valence-electron chi connectivity index (χ3n) is 2.65. The maximum absolute atomic E-state index is 6.06. The predicted molar refractivity (Wildman–Crippen MR) is 68.2 cm³/mol. The van der Waals surface area contributed by atoms with E-state index < -0.39 is 0 Å². The fourth-order valence-corrected chi connectivity index (χ4v) is 2.01. The van der Waals surface area contributed by atoms with Crippen molar-refractivity contribution in [3.05, 3.63) is 53.6 Å². The van der Waals surface area contributed by atoms with E-state index in [-0.39, 0.29) is 0 Å². The summed E-state index contributed by atoms with van der Waals surface area (Å²) in [4.78, 5) is 8.60. The average Bonchev–Trinajstić information content (AvgIpc) is 2.72. The largest absolute Gasteiger partial charge is 0.306 e. The second-order valence-corrected chi connectivity index (χ2v) is 4.30. The molecular weight excluding hydrogens is 234 g/mol. The first kappa shape index (κ1) is 10.3. The smallest absolute Gasteiger partial charge is 0.138 e. The van der Waals surface area contributed by atoms with Crippen LogP contribution in [-0.4, -0.2) is 14.4 Å². The molecule has 3 aromatic rings. The Morgan fingerprint density at radius 3 is 3.00 bits per heavy atom. The number of aromatic nitrogens is 3. The van der Waals surface area contributed by atoms with Crippen molar-refractivity contribution in [3.63, 3.8) is 0 Å². The number of pyridine rings is 2. The molecule has 0 saturated carbocycles. The Hall–Kier alpha value is -1.87. The molecular formula is C13H10ClN3. The Kier molecular flexibility index (Phi) is 2.34. The molecule has 0 saturated heterocycles. The molecule has 3 rings (SSSR count). The Balaban J connectivity index is 2.22. The molecule has 3 heterocycles. The molecule has 0 aliphatic rings. The summed E-state index contributed by atoms with van der Waals surface area (Å²) in [6, 6.07) is 7.86. The lowest BCUT2D eigenvalue weighted by Gasteiger charge is -1.96. The van der Waals surface area contributed by atoms with Gasteiger partial charge in [0.25, 0.3) is 0 Å². The van der Waals surface area contributed by atoms with Crippen LogP contribution < -0.4 is 0 Å². The zero-order chi connectivity index (χ0) is 11.8. The number of nitrogens with zero attached hydrogens (tertiary/aromatic N) is 3. The fourth-order valence-electron chi connectivity index (χ4n) is 1.79. The van der Waals surface area contributed by atoms with Crippen molar-refractivity contribution >= 4 is 17.2 Å². The van der Waals surface area contributed by atoms with E-state index in [2.05, 4.69) is 9.97 Å². The summed E-state index contributed by atoms with van der Waals surface area (Å²) in [6.07, 6.45) is 5.62. The zero-order valence-electron chi connectivity index (χ0n) is 9.26. The minimum atomic E-state index is 0.479. The van der Waals surface area contributed by atoms with Crippen molar-refractivity contribution in [1.29, 1.82) is 0 Å². The van der Waals surface area contributed by atoms with Gasteiger partial charge in [0, 0.05) is 24.2 Å². The van der Waals surface area contributed by atoms with Gasteiger partial charge in [-0.1, -0.05) is 11.6 Å². The second kappa shape index (κ2) is 3.86. The van der Waals surface area contributed by atoms with E-state index in [1.165, 1.54) is 5.56 Å². The molecule has 0 bridgehead atoms. The van der Waals surface area contributed by atoms with Gasteiger partial charge in [-0.05, 0) is 36.8 Å². The molecule has 84 valence electrons. The summed E-state index contributed by atoms with van der Waals surface area (Å²) in [5.74, 6) is 0. The van der Waals surface area contributed by atoms with Crippen molar-refractivity contribution in [2.45, 2.75) is 6.92 Å². The summed E-state index contributed by atoms with van der Waals surface area (Å²) >= 11 is 6.06. The summed E-state index contributed by atoms with van der Waals surface area (Å²) in [5, 5.41) is 0.479. The molecule has 0 aromatic carbocycles. The van der Waals surface area contributed by atoms with Gasteiger partial charge in [-0.15, -0.1) is 0 Å². The Bertz CT molecular complexity index is 688. The molecule has 0 amide bonds. The van der Waals surface area contributed by atoms with E-state index in [0.717, 1.165) is 16.9 Å². The van der Waals surface area contributed by atoms with E-state index in [9.17, 15) is 0 Å².